The third-order valence-electron chi connectivity index (χ3n) is 1.93. The zero-order chi connectivity index (χ0) is 11.0. The van der Waals surface area contributed by atoms with Gasteiger partial charge in [-0.2, -0.15) is 13.2 Å². The van der Waals surface area contributed by atoms with Crippen LogP contribution in [0.2, 0.25) is 0 Å². The summed E-state index contributed by atoms with van der Waals surface area (Å²) in [5.41, 5.74) is -3.18. The average Bonchev–Trinajstić information content (AvgIpc) is 2.53. The topological polar surface area (TPSA) is 20.2 Å². The predicted octanol–water partition coefficient (Wildman–Crippen LogP) is 3.07. The molecule has 1 atom stereocenters. The van der Waals surface area contributed by atoms with Gasteiger partial charge in [0.1, 0.15) is 5.60 Å². The Morgan fingerprint density at radius 3 is 2.43 bits per heavy atom. The van der Waals surface area contributed by atoms with Crippen molar-refractivity contribution >= 4 is 11.3 Å². The smallest absolute Gasteiger partial charge is 0.380 e. The molecule has 1 aromatic heterocycles. The molecule has 0 aliphatic heterocycles. The summed E-state index contributed by atoms with van der Waals surface area (Å²) in [5, 5.41) is 11.3. The second-order valence-corrected chi connectivity index (χ2v) is 3.97. The molecule has 0 saturated carbocycles. The predicted molar refractivity (Wildman–Crippen MR) is 49.1 cm³/mol. The Labute approximate surface area is 83.5 Å². The number of aliphatic hydroxyl groups is 1. The first-order valence-electron chi connectivity index (χ1n) is 3.79. The molecular formula is C9H9F3OS. The fraction of sp³-hybridized carbons (Fsp3) is 0.333. The molecule has 1 nitrogen and oxygen atoms in total. The van der Waals surface area contributed by atoms with Crippen LogP contribution in [0.1, 0.15) is 11.8 Å². The molecule has 1 aromatic rings. The first kappa shape index (κ1) is 11.3. The quantitative estimate of drug-likeness (QED) is 0.762. The molecule has 0 spiro atoms. The van der Waals surface area contributed by atoms with E-state index in [1.165, 1.54) is 6.07 Å². The number of rotatable bonds is 2. The Bertz CT molecular complexity index is 324. The maximum atomic E-state index is 12.3. The number of hydrogen-bond donors (Lipinski definition) is 1. The van der Waals surface area contributed by atoms with Crippen LogP contribution in [0.5, 0.6) is 0 Å². The Balaban J connectivity index is 3.03. The van der Waals surface area contributed by atoms with Crippen LogP contribution >= 0.6 is 11.3 Å². The minimum Gasteiger partial charge on any atom is -0.380 e. The van der Waals surface area contributed by atoms with E-state index in [-0.39, 0.29) is 4.88 Å². The van der Waals surface area contributed by atoms with Gasteiger partial charge in [0.05, 0.1) is 5.57 Å². The maximum Gasteiger partial charge on any atom is 0.415 e. The Morgan fingerprint density at radius 2 is 2.07 bits per heavy atom. The van der Waals surface area contributed by atoms with Crippen LogP contribution in [0.25, 0.3) is 0 Å². The van der Waals surface area contributed by atoms with Crippen molar-refractivity contribution in [1.29, 1.82) is 0 Å². The van der Waals surface area contributed by atoms with Gasteiger partial charge in [-0.05, 0) is 18.4 Å². The zero-order valence-corrected chi connectivity index (χ0v) is 8.25. The lowest BCUT2D eigenvalue weighted by Crippen LogP contribution is -2.31. The molecule has 1 unspecified atom stereocenters. The Morgan fingerprint density at radius 1 is 1.50 bits per heavy atom. The number of hydrogen-bond acceptors (Lipinski definition) is 2. The van der Waals surface area contributed by atoms with Crippen LogP contribution in [0.4, 0.5) is 13.2 Å². The van der Waals surface area contributed by atoms with Crippen molar-refractivity contribution in [1.82, 2.24) is 0 Å². The highest BCUT2D eigenvalue weighted by molar-refractivity contribution is 7.10. The maximum absolute atomic E-state index is 12.3. The van der Waals surface area contributed by atoms with Gasteiger partial charge >= 0.3 is 6.18 Å². The van der Waals surface area contributed by atoms with Crippen LogP contribution in [-0.4, -0.2) is 11.3 Å². The van der Waals surface area contributed by atoms with E-state index in [2.05, 4.69) is 6.58 Å². The molecule has 0 radical (unpaired) electrons. The van der Waals surface area contributed by atoms with Crippen molar-refractivity contribution < 1.29 is 18.3 Å². The third-order valence-corrected chi connectivity index (χ3v) is 3.01. The van der Waals surface area contributed by atoms with E-state index < -0.39 is 17.4 Å². The zero-order valence-electron chi connectivity index (χ0n) is 7.43. The summed E-state index contributed by atoms with van der Waals surface area (Å²) in [6.45, 7) is 3.98. The van der Waals surface area contributed by atoms with Gasteiger partial charge in [0.15, 0.2) is 0 Å². The first-order chi connectivity index (χ1) is 6.26. The minimum atomic E-state index is -4.58. The summed E-state index contributed by atoms with van der Waals surface area (Å²) < 4.78 is 36.8. The molecule has 0 amide bonds. The van der Waals surface area contributed by atoms with Gasteiger partial charge in [-0.1, -0.05) is 12.6 Å². The van der Waals surface area contributed by atoms with Gasteiger partial charge in [0, 0.05) is 4.88 Å². The minimum absolute atomic E-state index is 0.236. The highest BCUT2D eigenvalue weighted by Crippen LogP contribution is 2.40. The molecule has 0 fully saturated rings. The van der Waals surface area contributed by atoms with Crippen molar-refractivity contribution in [3.8, 4) is 0 Å². The van der Waals surface area contributed by atoms with Crippen LogP contribution in [-0.2, 0) is 5.60 Å². The highest BCUT2D eigenvalue weighted by atomic mass is 32.1. The van der Waals surface area contributed by atoms with Crippen LogP contribution in [0, 0.1) is 0 Å². The van der Waals surface area contributed by atoms with Gasteiger partial charge in [-0.25, -0.2) is 0 Å². The number of halogens is 3. The standard InChI is InChI=1S/C9H9F3OS/c1-6(9(10,11)12)8(2,13)7-4-3-5-14-7/h3-5,13H,1H2,2H3. The molecular weight excluding hydrogens is 213 g/mol. The van der Waals surface area contributed by atoms with E-state index in [0.29, 0.717) is 0 Å². The second-order valence-electron chi connectivity index (χ2n) is 3.03. The lowest BCUT2D eigenvalue weighted by atomic mass is 9.95. The molecule has 0 aromatic carbocycles. The van der Waals surface area contributed by atoms with E-state index in [9.17, 15) is 18.3 Å². The Hall–Kier alpha value is -0.810. The first-order valence-corrected chi connectivity index (χ1v) is 4.67. The largest absolute Gasteiger partial charge is 0.415 e. The number of thiophene rings is 1. The van der Waals surface area contributed by atoms with Gasteiger partial charge in [0.25, 0.3) is 0 Å². The molecule has 1 N–H and O–H groups in total. The molecule has 14 heavy (non-hydrogen) atoms. The van der Waals surface area contributed by atoms with Gasteiger partial charge in [0.2, 0.25) is 0 Å². The molecule has 5 heteroatoms. The van der Waals surface area contributed by atoms with Gasteiger partial charge in [-0.15, -0.1) is 11.3 Å². The fourth-order valence-electron chi connectivity index (χ4n) is 0.980. The summed E-state index contributed by atoms with van der Waals surface area (Å²) in [6, 6.07) is 3.03. The monoisotopic (exact) mass is 222 g/mol. The van der Waals surface area contributed by atoms with E-state index in [1.54, 1.807) is 11.4 Å². The van der Waals surface area contributed by atoms with Crippen molar-refractivity contribution in [2.75, 3.05) is 0 Å². The summed E-state index contributed by atoms with van der Waals surface area (Å²) >= 11 is 1.06. The number of alkyl halides is 3. The molecule has 0 aliphatic carbocycles. The van der Waals surface area contributed by atoms with Crippen molar-refractivity contribution in [3.63, 3.8) is 0 Å². The molecule has 1 heterocycles. The third kappa shape index (κ3) is 1.99. The van der Waals surface area contributed by atoms with Crippen molar-refractivity contribution in [2.45, 2.75) is 18.7 Å². The fourth-order valence-corrected chi connectivity index (χ4v) is 1.79. The average molecular weight is 222 g/mol. The van der Waals surface area contributed by atoms with Crippen LogP contribution in [0.3, 0.4) is 0 Å². The SMILES string of the molecule is C=C(C(F)(F)F)C(C)(O)c1cccs1. The Kier molecular flexibility index (Phi) is 2.74. The molecule has 0 saturated heterocycles. The summed E-state index contributed by atoms with van der Waals surface area (Å²) in [7, 11) is 0. The van der Waals surface area contributed by atoms with Gasteiger partial charge < -0.3 is 5.11 Å². The lowest BCUT2D eigenvalue weighted by molar-refractivity contribution is -0.118. The summed E-state index contributed by atoms with van der Waals surface area (Å²) in [4.78, 5) is 0.236. The molecule has 78 valence electrons. The second kappa shape index (κ2) is 3.40. The molecule has 0 bridgehead atoms. The van der Waals surface area contributed by atoms with E-state index in [0.717, 1.165) is 18.3 Å². The molecule has 1 rings (SSSR count). The van der Waals surface area contributed by atoms with Crippen molar-refractivity contribution in [2.24, 2.45) is 0 Å². The van der Waals surface area contributed by atoms with Crippen LogP contribution in [0.15, 0.2) is 29.7 Å². The normalized spacial score (nSPS) is 16.4. The van der Waals surface area contributed by atoms with E-state index >= 15 is 0 Å². The van der Waals surface area contributed by atoms with E-state index in [4.69, 9.17) is 0 Å². The van der Waals surface area contributed by atoms with E-state index in [1.807, 2.05) is 0 Å². The van der Waals surface area contributed by atoms with Crippen molar-refractivity contribution in [3.05, 3.63) is 34.5 Å². The molecule has 0 aliphatic rings. The van der Waals surface area contributed by atoms with Crippen LogP contribution < -0.4 is 0 Å². The summed E-state index contributed by atoms with van der Waals surface area (Å²) in [6.07, 6.45) is -4.58. The van der Waals surface area contributed by atoms with Gasteiger partial charge in [-0.3, -0.25) is 0 Å². The highest BCUT2D eigenvalue weighted by Gasteiger charge is 2.44. The summed E-state index contributed by atoms with van der Waals surface area (Å²) in [5.74, 6) is 0. The lowest BCUT2D eigenvalue weighted by Gasteiger charge is -2.26.